The lowest BCUT2D eigenvalue weighted by molar-refractivity contribution is -0.152. The molecule has 158 valence electrons. The van der Waals surface area contributed by atoms with Crippen LogP contribution in [0.5, 0.6) is 0 Å². The molecule has 0 radical (unpaired) electrons. The third kappa shape index (κ3) is 4.68. The maximum atomic E-state index is 13.9. The fraction of sp³-hybridized carbons (Fsp3) is 0.526. The first kappa shape index (κ1) is 21.5. The number of esters is 1. The van der Waals surface area contributed by atoms with Crippen molar-refractivity contribution in [3.63, 3.8) is 0 Å². The van der Waals surface area contributed by atoms with Crippen LogP contribution in [0.4, 0.5) is 13.6 Å². The Kier molecular flexibility index (Phi) is 6.11. The highest BCUT2D eigenvalue weighted by Crippen LogP contribution is 2.36. The van der Waals surface area contributed by atoms with Gasteiger partial charge in [-0.05, 0) is 36.5 Å². The largest absolute Gasteiger partial charge is 0.467 e. The van der Waals surface area contributed by atoms with Crippen LogP contribution in [0, 0.1) is 5.92 Å². The number of rotatable bonds is 4. The molecule has 2 aliphatic heterocycles. The summed E-state index contributed by atoms with van der Waals surface area (Å²) in [5, 5.41) is 9.53. The number of benzene rings is 1. The van der Waals surface area contributed by atoms with Gasteiger partial charge in [0.05, 0.1) is 13.7 Å². The molecule has 3 atom stereocenters. The van der Waals surface area contributed by atoms with Crippen molar-refractivity contribution >= 4 is 33.9 Å². The molecule has 0 aromatic heterocycles. The molecular formula is C19H21BrF2N2O5. The van der Waals surface area contributed by atoms with Gasteiger partial charge in [0, 0.05) is 17.4 Å². The van der Waals surface area contributed by atoms with E-state index in [9.17, 15) is 28.3 Å². The SMILES string of the molecule is COC(=O)[C@H]1CC(F)(F)CN1C(=O)C1CC(Cc2ccc(Br)cc2)CN1C(=O)O. The summed E-state index contributed by atoms with van der Waals surface area (Å²) >= 11 is 3.35. The second kappa shape index (κ2) is 8.25. The van der Waals surface area contributed by atoms with Crippen LogP contribution >= 0.6 is 15.9 Å². The van der Waals surface area contributed by atoms with Crippen molar-refractivity contribution in [2.45, 2.75) is 37.3 Å². The standard InChI is InChI=1S/C19H21BrF2N2O5/c1-29-17(26)15-8-19(21,22)10-24(15)16(25)14-7-12(9-23(14)18(27)28)6-11-2-4-13(20)5-3-11/h2-5,12,14-15H,6-10H2,1H3,(H,27,28)/t12?,14?,15-/m1/s1. The number of methoxy groups -OCH3 is 1. The van der Waals surface area contributed by atoms with Crippen LogP contribution < -0.4 is 0 Å². The molecule has 0 saturated carbocycles. The molecule has 2 fully saturated rings. The Labute approximate surface area is 174 Å². The van der Waals surface area contributed by atoms with Crippen LogP contribution in [-0.4, -0.2) is 71.1 Å². The second-order valence-corrected chi connectivity index (χ2v) is 8.36. The quantitative estimate of drug-likeness (QED) is 0.677. The highest BCUT2D eigenvalue weighted by Gasteiger charge is 2.53. The predicted molar refractivity (Wildman–Crippen MR) is 102 cm³/mol. The molecule has 3 rings (SSSR count). The Balaban J connectivity index is 1.77. The lowest BCUT2D eigenvalue weighted by atomic mass is 9.96. The molecule has 0 aliphatic carbocycles. The number of alkyl halides is 2. The molecule has 2 amide bonds. The molecule has 1 aromatic carbocycles. The molecule has 2 saturated heterocycles. The van der Waals surface area contributed by atoms with E-state index in [4.69, 9.17) is 0 Å². The van der Waals surface area contributed by atoms with Crippen molar-refractivity contribution < 1.29 is 33.0 Å². The number of amides is 2. The van der Waals surface area contributed by atoms with Crippen molar-refractivity contribution in [2.75, 3.05) is 20.2 Å². The van der Waals surface area contributed by atoms with Gasteiger partial charge in [-0.1, -0.05) is 28.1 Å². The zero-order valence-corrected chi connectivity index (χ0v) is 17.3. The maximum absolute atomic E-state index is 13.9. The van der Waals surface area contributed by atoms with Crippen LogP contribution in [0.25, 0.3) is 0 Å². The Hall–Kier alpha value is -2.23. The van der Waals surface area contributed by atoms with Crippen molar-refractivity contribution in [3.8, 4) is 0 Å². The molecule has 10 heteroatoms. The highest BCUT2D eigenvalue weighted by molar-refractivity contribution is 9.10. The number of carbonyl (C=O) groups excluding carboxylic acids is 2. The first-order valence-electron chi connectivity index (χ1n) is 9.11. The van der Waals surface area contributed by atoms with Crippen LogP contribution in [0.3, 0.4) is 0 Å². The number of ether oxygens (including phenoxy) is 1. The third-order valence-corrected chi connectivity index (χ3v) is 5.91. The van der Waals surface area contributed by atoms with Crippen LogP contribution in [0.15, 0.2) is 28.7 Å². The van der Waals surface area contributed by atoms with Crippen molar-refractivity contribution in [3.05, 3.63) is 34.3 Å². The fourth-order valence-electron chi connectivity index (χ4n) is 4.06. The molecular weight excluding hydrogens is 454 g/mol. The summed E-state index contributed by atoms with van der Waals surface area (Å²) in [7, 11) is 1.06. The van der Waals surface area contributed by atoms with Crippen LogP contribution in [0.1, 0.15) is 18.4 Å². The van der Waals surface area contributed by atoms with Gasteiger partial charge in [-0.2, -0.15) is 0 Å². The van der Waals surface area contributed by atoms with Gasteiger partial charge in [0.25, 0.3) is 5.92 Å². The molecule has 2 unspecified atom stereocenters. The van der Waals surface area contributed by atoms with Gasteiger partial charge in [0.15, 0.2) is 0 Å². The van der Waals surface area contributed by atoms with E-state index < -0.39 is 48.9 Å². The number of nitrogens with zero attached hydrogens (tertiary/aromatic N) is 2. The topological polar surface area (TPSA) is 87.2 Å². The van der Waals surface area contributed by atoms with E-state index in [1.165, 1.54) is 0 Å². The number of carboxylic acid groups (broad SMARTS) is 1. The molecule has 2 heterocycles. The normalized spacial score (nSPS) is 25.9. The maximum Gasteiger partial charge on any atom is 0.407 e. The van der Waals surface area contributed by atoms with E-state index in [0.29, 0.717) is 6.42 Å². The monoisotopic (exact) mass is 474 g/mol. The van der Waals surface area contributed by atoms with Crippen molar-refractivity contribution in [1.29, 1.82) is 0 Å². The summed E-state index contributed by atoms with van der Waals surface area (Å²) in [5.74, 6) is -5.07. The number of hydrogen-bond donors (Lipinski definition) is 1. The smallest absolute Gasteiger partial charge is 0.407 e. The first-order valence-corrected chi connectivity index (χ1v) is 9.90. The highest BCUT2D eigenvalue weighted by atomic mass is 79.9. The van der Waals surface area contributed by atoms with Crippen molar-refractivity contribution in [2.24, 2.45) is 5.92 Å². The summed E-state index contributed by atoms with van der Waals surface area (Å²) in [4.78, 5) is 38.3. The number of halogens is 3. The minimum Gasteiger partial charge on any atom is -0.467 e. The summed E-state index contributed by atoms with van der Waals surface area (Å²) in [6.07, 6.45) is -1.36. The Morgan fingerprint density at radius 1 is 1.21 bits per heavy atom. The van der Waals surface area contributed by atoms with Gasteiger partial charge in [0.1, 0.15) is 12.1 Å². The minimum atomic E-state index is -3.22. The molecule has 0 bridgehead atoms. The number of hydrogen-bond acceptors (Lipinski definition) is 4. The number of likely N-dealkylation sites (tertiary alicyclic amines) is 2. The minimum absolute atomic E-state index is 0.120. The molecule has 0 spiro atoms. The lowest BCUT2D eigenvalue weighted by Crippen LogP contribution is -2.51. The second-order valence-electron chi connectivity index (χ2n) is 7.45. The average Bonchev–Trinajstić information content (AvgIpc) is 3.23. The van der Waals surface area contributed by atoms with Gasteiger partial charge in [-0.3, -0.25) is 9.69 Å². The van der Waals surface area contributed by atoms with E-state index in [0.717, 1.165) is 26.9 Å². The Morgan fingerprint density at radius 3 is 2.45 bits per heavy atom. The van der Waals surface area contributed by atoms with E-state index in [2.05, 4.69) is 20.7 Å². The molecule has 1 aromatic rings. The predicted octanol–water partition coefficient (Wildman–Crippen LogP) is 2.77. The van der Waals surface area contributed by atoms with E-state index in [1.807, 2.05) is 24.3 Å². The molecule has 7 nitrogen and oxygen atoms in total. The van der Waals surface area contributed by atoms with Crippen molar-refractivity contribution in [1.82, 2.24) is 9.80 Å². The molecule has 1 N–H and O–H groups in total. The first-order chi connectivity index (χ1) is 13.6. The van der Waals surface area contributed by atoms with Gasteiger partial charge in [-0.25, -0.2) is 18.4 Å². The number of carbonyl (C=O) groups is 3. The van der Waals surface area contributed by atoms with Gasteiger partial charge in [0.2, 0.25) is 5.91 Å². The Bertz CT molecular complexity index is 804. The van der Waals surface area contributed by atoms with E-state index in [-0.39, 0.29) is 18.9 Å². The Morgan fingerprint density at radius 2 is 1.86 bits per heavy atom. The summed E-state index contributed by atoms with van der Waals surface area (Å²) in [6.45, 7) is -0.804. The van der Waals surface area contributed by atoms with E-state index >= 15 is 0 Å². The third-order valence-electron chi connectivity index (χ3n) is 5.38. The zero-order valence-electron chi connectivity index (χ0n) is 15.7. The fourth-order valence-corrected chi connectivity index (χ4v) is 4.32. The van der Waals surface area contributed by atoms with Gasteiger partial charge in [-0.15, -0.1) is 0 Å². The zero-order chi connectivity index (χ0) is 21.3. The van der Waals surface area contributed by atoms with Gasteiger partial charge < -0.3 is 14.7 Å². The van der Waals surface area contributed by atoms with Crippen LogP contribution in [0.2, 0.25) is 0 Å². The van der Waals surface area contributed by atoms with E-state index in [1.54, 1.807) is 0 Å². The summed E-state index contributed by atoms with van der Waals surface area (Å²) in [5.41, 5.74) is 0.983. The molecule has 29 heavy (non-hydrogen) atoms. The van der Waals surface area contributed by atoms with Crippen LogP contribution in [-0.2, 0) is 20.7 Å². The average molecular weight is 475 g/mol. The summed E-state index contributed by atoms with van der Waals surface area (Å²) in [6, 6.07) is 5.03. The summed E-state index contributed by atoms with van der Waals surface area (Å²) < 4.78 is 33.3. The van der Waals surface area contributed by atoms with Gasteiger partial charge >= 0.3 is 12.1 Å². The molecule has 2 aliphatic rings. The lowest BCUT2D eigenvalue weighted by Gasteiger charge is -2.28.